The second-order valence-electron chi connectivity index (χ2n) is 3.80. The van der Waals surface area contributed by atoms with E-state index in [0.717, 1.165) is 10.4 Å². The van der Waals surface area contributed by atoms with Crippen molar-refractivity contribution < 1.29 is 4.80 Å². The van der Waals surface area contributed by atoms with E-state index in [-0.39, 0.29) is 18.9 Å². The molecule has 1 N–H and O–H groups in total. The average Bonchev–Trinajstić information content (AvgIpc) is 2.31. The van der Waals surface area contributed by atoms with Crippen molar-refractivity contribution in [2.24, 2.45) is 0 Å². The van der Waals surface area contributed by atoms with Gasteiger partial charge in [-0.15, -0.1) is 0 Å². The zero-order chi connectivity index (χ0) is 10.7. The van der Waals surface area contributed by atoms with E-state index >= 15 is 0 Å². The maximum absolute atomic E-state index is 10.6. The van der Waals surface area contributed by atoms with Crippen molar-refractivity contribution in [3.8, 4) is 0 Å². The first-order valence-electron chi connectivity index (χ1n) is 5.04. The van der Waals surface area contributed by atoms with Crippen LogP contribution in [0.25, 0.3) is 0 Å². The summed E-state index contributed by atoms with van der Waals surface area (Å²) in [6.45, 7) is 1.96. The summed E-state index contributed by atoms with van der Waals surface area (Å²) in [6.07, 6.45) is 0. The molecule has 78 valence electrons. The van der Waals surface area contributed by atoms with Crippen LogP contribution in [0.15, 0.2) is 60.7 Å². The van der Waals surface area contributed by atoms with Crippen molar-refractivity contribution >= 4 is 37.6 Å². The summed E-state index contributed by atoms with van der Waals surface area (Å²) in [7, 11) is -2.46. The Hall–Kier alpha value is -0.786. The van der Waals surface area contributed by atoms with Crippen LogP contribution in [0.3, 0.4) is 0 Å². The Kier molecular flexibility index (Phi) is 4.58. The van der Waals surface area contributed by atoms with Crippen molar-refractivity contribution in [3.05, 3.63) is 60.7 Å². The third kappa shape index (κ3) is 2.66. The van der Waals surface area contributed by atoms with Crippen LogP contribution in [0.2, 0.25) is 6.55 Å². The fourth-order valence-electron chi connectivity index (χ4n) is 1.69. The van der Waals surface area contributed by atoms with Gasteiger partial charge in [0.15, 0.2) is 0 Å². The Balaban J connectivity index is 0.00000128. The zero-order valence-electron chi connectivity index (χ0n) is 8.72. The van der Waals surface area contributed by atoms with Crippen molar-refractivity contribution in [1.82, 2.24) is 0 Å². The summed E-state index contributed by atoms with van der Waals surface area (Å²) < 4.78 is 0. The SMILES string of the molecule is C[Si](O)(c1ccccc1)c1ccccc1.[LiH]. The van der Waals surface area contributed by atoms with Crippen LogP contribution < -0.4 is 10.4 Å². The predicted molar refractivity (Wildman–Crippen MR) is 73.1 cm³/mol. The molecule has 0 bridgehead atoms. The minimum absolute atomic E-state index is 0. The molecule has 0 radical (unpaired) electrons. The Morgan fingerprint density at radius 2 is 1.06 bits per heavy atom. The molecule has 0 aliphatic heterocycles. The van der Waals surface area contributed by atoms with Crippen molar-refractivity contribution in [2.75, 3.05) is 0 Å². The molecule has 0 saturated carbocycles. The summed E-state index contributed by atoms with van der Waals surface area (Å²) in [6, 6.07) is 19.8. The fourth-order valence-corrected chi connectivity index (χ4v) is 3.71. The summed E-state index contributed by atoms with van der Waals surface area (Å²) in [5, 5.41) is 2.10. The molecule has 0 aliphatic rings. The van der Waals surface area contributed by atoms with Gasteiger partial charge in [0.25, 0.3) is 0 Å². The Bertz CT molecular complexity index is 387. The molecule has 0 aliphatic carbocycles. The third-order valence-corrected chi connectivity index (χ3v) is 5.59. The van der Waals surface area contributed by atoms with Crippen molar-refractivity contribution in [3.63, 3.8) is 0 Å². The molecule has 0 unspecified atom stereocenters. The predicted octanol–water partition coefficient (Wildman–Crippen LogP) is 0.720. The molecule has 2 rings (SSSR count). The van der Waals surface area contributed by atoms with Gasteiger partial charge in [-0.2, -0.15) is 0 Å². The van der Waals surface area contributed by atoms with Crippen LogP contribution in [-0.4, -0.2) is 32.0 Å². The average molecular weight is 222 g/mol. The van der Waals surface area contributed by atoms with E-state index in [1.54, 1.807) is 0 Å². The Morgan fingerprint density at radius 1 is 0.750 bits per heavy atom. The van der Waals surface area contributed by atoms with Gasteiger partial charge >= 0.3 is 18.9 Å². The number of hydrogen-bond acceptors (Lipinski definition) is 1. The van der Waals surface area contributed by atoms with E-state index in [2.05, 4.69) is 0 Å². The molecule has 0 saturated heterocycles. The Labute approximate surface area is 109 Å². The molecule has 0 amide bonds. The zero-order valence-corrected chi connectivity index (χ0v) is 9.72. The number of hydrogen-bond donors (Lipinski definition) is 1. The standard InChI is InChI=1S/C13H14OSi.Li.H/c1-15(14,12-8-4-2-5-9-12)13-10-6-3-7-11-13;;/h2-11,14H,1H3;;. The van der Waals surface area contributed by atoms with Crippen LogP contribution in [-0.2, 0) is 0 Å². The molecule has 3 heteroatoms. The maximum atomic E-state index is 10.6. The monoisotopic (exact) mass is 222 g/mol. The summed E-state index contributed by atoms with van der Waals surface area (Å²) in [4.78, 5) is 10.6. The topological polar surface area (TPSA) is 20.2 Å². The second kappa shape index (κ2) is 5.52. The first-order valence-corrected chi connectivity index (χ1v) is 7.49. The number of rotatable bonds is 2. The van der Waals surface area contributed by atoms with E-state index < -0.39 is 8.32 Å². The molecular weight excluding hydrogens is 207 g/mol. The second-order valence-corrected chi connectivity index (χ2v) is 7.10. The molecule has 0 heterocycles. The quantitative estimate of drug-likeness (QED) is 0.742. The van der Waals surface area contributed by atoms with Crippen LogP contribution in [0, 0.1) is 0 Å². The fraction of sp³-hybridized carbons (Fsp3) is 0.0769. The van der Waals surface area contributed by atoms with E-state index in [1.165, 1.54) is 0 Å². The van der Waals surface area contributed by atoms with Crippen molar-refractivity contribution in [1.29, 1.82) is 0 Å². The van der Waals surface area contributed by atoms with Gasteiger partial charge in [0.2, 0.25) is 8.32 Å². The first-order chi connectivity index (χ1) is 7.21. The van der Waals surface area contributed by atoms with Gasteiger partial charge in [-0.25, -0.2) is 0 Å². The first kappa shape index (κ1) is 13.3. The number of benzene rings is 2. The van der Waals surface area contributed by atoms with E-state index in [4.69, 9.17) is 0 Å². The van der Waals surface area contributed by atoms with Gasteiger partial charge in [-0.3, -0.25) is 0 Å². The van der Waals surface area contributed by atoms with Gasteiger partial charge < -0.3 is 4.80 Å². The van der Waals surface area contributed by atoms with E-state index in [9.17, 15) is 4.80 Å². The molecule has 0 atom stereocenters. The molecule has 0 aromatic heterocycles. The molecule has 2 aromatic carbocycles. The summed E-state index contributed by atoms with van der Waals surface area (Å²) in [5.74, 6) is 0. The van der Waals surface area contributed by atoms with Gasteiger partial charge in [0.05, 0.1) is 0 Å². The Morgan fingerprint density at radius 3 is 1.38 bits per heavy atom. The van der Waals surface area contributed by atoms with Crippen LogP contribution >= 0.6 is 0 Å². The van der Waals surface area contributed by atoms with Gasteiger partial charge in [-0.05, 0) is 16.9 Å². The van der Waals surface area contributed by atoms with Crippen LogP contribution in [0.4, 0.5) is 0 Å². The normalized spacial score (nSPS) is 10.6. The summed E-state index contributed by atoms with van der Waals surface area (Å²) in [5.41, 5.74) is 0. The molecule has 16 heavy (non-hydrogen) atoms. The van der Waals surface area contributed by atoms with Crippen LogP contribution in [0.1, 0.15) is 0 Å². The molecule has 1 nitrogen and oxygen atoms in total. The molecule has 2 aromatic rings. The third-order valence-electron chi connectivity index (χ3n) is 2.67. The van der Waals surface area contributed by atoms with Gasteiger partial charge in [-0.1, -0.05) is 60.7 Å². The van der Waals surface area contributed by atoms with E-state index in [0.29, 0.717) is 0 Å². The van der Waals surface area contributed by atoms with E-state index in [1.807, 2.05) is 67.2 Å². The minimum atomic E-state index is -2.46. The van der Waals surface area contributed by atoms with Crippen LogP contribution in [0.5, 0.6) is 0 Å². The molecule has 0 fully saturated rings. The summed E-state index contributed by atoms with van der Waals surface area (Å²) >= 11 is 0. The molecular formula is C13H15LiOSi. The van der Waals surface area contributed by atoms with Crippen molar-refractivity contribution in [2.45, 2.75) is 6.55 Å². The molecule has 0 spiro atoms. The van der Waals surface area contributed by atoms with Gasteiger partial charge in [0.1, 0.15) is 0 Å². The van der Waals surface area contributed by atoms with Gasteiger partial charge in [0, 0.05) is 0 Å².